The Labute approximate surface area is 239 Å². The predicted octanol–water partition coefficient (Wildman–Crippen LogP) is 6.56. The minimum absolute atomic E-state index is 0.0733. The summed E-state index contributed by atoms with van der Waals surface area (Å²) in [6.07, 6.45) is 4.56. The molecule has 10 nitrogen and oxygen atoms in total. The van der Waals surface area contributed by atoms with Gasteiger partial charge in [-0.1, -0.05) is 43.5 Å². The van der Waals surface area contributed by atoms with Crippen molar-refractivity contribution in [3.63, 3.8) is 0 Å². The fraction of sp³-hybridized carbons (Fsp3) is 0.355. The number of methoxy groups -OCH3 is 1. The number of nitro benzene ring substituents is 1. The number of rotatable bonds is 17. The van der Waals surface area contributed by atoms with Crippen molar-refractivity contribution in [2.24, 2.45) is 0 Å². The molecule has 3 aromatic rings. The summed E-state index contributed by atoms with van der Waals surface area (Å²) in [5.41, 5.74) is 1.99. The molecule has 218 valence electrons. The molecule has 3 rings (SSSR count). The summed E-state index contributed by atoms with van der Waals surface area (Å²) < 4.78 is 21.8. The highest BCUT2D eigenvalue weighted by Gasteiger charge is 2.20. The summed E-state index contributed by atoms with van der Waals surface area (Å²) in [4.78, 5) is 33.4. The zero-order chi connectivity index (χ0) is 29.6. The van der Waals surface area contributed by atoms with Gasteiger partial charge in [0.2, 0.25) is 0 Å². The summed E-state index contributed by atoms with van der Waals surface area (Å²) in [6, 6.07) is 18.5. The number of nitrogens with zero attached hydrogens (tertiary/aromatic N) is 1. The van der Waals surface area contributed by atoms with Gasteiger partial charge < -0.3 is 24.1 Å². The van der Waals surface area contributed by atoms with Crippen molar-refractivity contribution in [1.29, 1.82) is 0 Å². The number of hydrogen-bond acceptors (Lipinski definition) is 8. The van der Waals surface area contributed by atoms with Crippen LogP contribution >= 0.6 is 0 Å². The zero-order valence-electron chi connectivity index (χ0n) is 23.2. The molecule has 0 aliphatic carbocycles. The Morgan fingerprint density at radius 1 is 0.854 bits per heavy atom. The van der Waals surface area contributed by atoms with Crippen LogP contribution in [0.4, 0.5) is 5.69 Å². The SMILES string of the molecule is COC(=O)c1ccc(OC(C)COCCCCCCCOc2ccc(-c3ccc(C(=O)O)cc3)cc2)c([N+](=O)[O-])c1. The first-order chi connectivity index (χ1) is 19.8. The zero-order valence-corrected chi connectivity index (χ0v) is 23.2. The molecule has 0 saturated carbocycles. The molecule has 0 aliphatic heterocycles. The number of hydrogen-bond donors (Lipinski definition) is 1. The highest BCUT2D eigenvalue weighted by molar-refractivity contribution is 5.90. The third-order valence-electron chi connectivity index (χ3n) is 6.28. The van der Waals surface area contributed by atoms with E-state index in [0.717, 1.165) is 55.0 Å². The van der Waals surface area contributed by atoms with Crippen molar-refractivity contribution in [3.8, 4) is 22.6 Å². The van der Waals surface area contributed by atoms with Crippen molar-refractivity contribution in [1.82, 2.24) is 0 Å². The van der Waals surface area contributed by atoms with E-state index in [1.54, 1.807) is 31.2 Å². The van der Waals surface area contributed by atoms with E-state index in [0.29, 0.717) is 13.2 Å². The summed E-state index contributed by atoms with van der Waals surface area (Å²) in [5.74, 6) is -0.725. The first-order valence-corrected chi connectivity index (χ1v) is 13.5. The number of aromatic carboxylic acids is 1. The van der Waals surface area contributed by atoms with Gasteiger partial charge in [-0.05, 0) is 67.3 Å². The molecule has 0 saturated heterocycles. The van der Waals surface area contributed by atoms with E-state index in [-0.39, 0.29) is 29.2 Å². The monoisotopic (exact) mass is 565 g/mol. The van der Waals surface area contributed by atoms with Gasteiger partial charge in [-0.3, -0.25) is 10.1 Å². The number of carbonyl (C=O) groups excluding carboxylic acids is 1. The Balaban J connectivity index is 1.25. The Kier molecular flexibility index (Phi) is 12.1. The minimum Gasteiger partial charge on any atom is -0.494 e. The van der Waals surface area contributed by atoms with Crippen LogP contribution in [0.25, 0.3) is 11.1 Å². The lowest BCUT2D eigenvalue weighted by Crippen LogP contribution is -2.20. The molecule has 0 amide bonds. The lowest BCUT2D eigenvalue weighted by molar-refractivity contribution is -0.386. The van der Waals surface area contributed by atoms with E-state index < -0.39 is 23.0 Å². The van der Waals surface area contributed by atoms with Crippen LogP contribution in [0.2, 0.25) is 0 Å². The molecule has 1 N–H and O–H groups in total. The number of nitro groups is 1. The number of benzene rings is 3. The van der Waals surface area contributed by atoms with Gasteiger partial charge in [-0.25, -0.2) is 9.59 Å². The van der Waals surface area contributed by atoms with Crippen LogP contribution in [0, 0.1) is 10.1 Å². The number of esters is 1. The Morgan fingerprint density at radius 3 is 2.05 bits per heavy atom. The molecule has 0 fully saturated rings. The second-order valence-corrected chi connectivity index (χ2v) is 9.46. The van der Waals surface area contributed by atoms with Crippen molar-refractivity contribution in [3.05, 3.63) is 88.0 Å². The molecule has 1 unspecified atom stereocenters. The normalized spacial score (nSPS) is 11.5. The molecular weight excluding hydrogens is 530 g/mol. The number of ether oxygens (including phenoxy) is 4. The molecule has 0 spiro atoms. The van der Waals surface area contributed by atoms with Crippen LogP contribution < -0.4 is 9.47 Å². The van der Waals surface area contributed by atoms with Gasteiger partial charge in [0.1, 0.15) is 11.9 Å². The van der Waals surface area contributed by atoms with E-state index in [9.17, 15) is 19.7 Å². The molecule has 41 heavy (non-hydrogen) atoms. The summed E-state index contributed by atoms with van der Waals surface area (Å²) in [5, 5.41) is 20.4. The molecule has 3 aromatic carbocycles. The Hall–Kier alpha value is -4.44. The molecule has 0 aromatic heterocycles. The average Bonchev–Trinajstić information content (AvgIpc) is 2.98. The van der Waals surface area contributed by atoms with Crippen LogP contribution in [0.5, 0.6) is 11.5 Å². The second-order valence-electron chi connectivity index (χ2n) is 9.46. The van der Waals surface area contributed by atoms with Gasteiger partial charge in [0, 0.05) is 12.7 Å². The number of unbranched alkanes of at least 4 members (excludes halogenated alkanes) is 4. The van der Waals surface area contributed by atoms with Crippen molar-refractivity contribution >= 4 is 17.6 Å². The lowest BCUT2D eigenvalue weighted by Gasteiger charge is -2.15. The maximum absolute atomic E-state index is 11.6. The first-order valence-electron chi connectivity index (χ1n) is 13.5. The molecule has 0 aliphatic rings. The van der Waals surface area contributed by atoms with Gasteiger partial charge in [0.05, 0.1) is 36.4 Å². The van der Waals surface area contributed by atoms with Crippen LogP contribution in [-0.2, 0) is 9.47 Å². The number of carboxylic acids is 1. The van der Waals surface area contributed by atoms with Crippen LogP contribution in [0.1, 0.15) is 59.7 Å². The average molecular weight is 566 g/mol. The quantitative estimate of drug-likeness (QED) is 0.0835. The molecule has 0 bridgehead atoms. The summed E-state index contributed by atoms with van der Waals surface area (Å²) in [7, 11) is 1.21. The maximum atomic E-state index is 11.6. The number of carbonyl (C=O) groups is 2. The summed E-state index contributed by atoms with van der Waals surface area (Å²) >= 11 is 0. The Morgan fingerprint density at radius 2 is 1.44 bits per heavy atom. The summed E-state index contributed by atoms with van der Waals surface area (Å²) in [6.45, 7) is 3.25. The fourth-order valence-corrected chi connectivity index (χ4v) is 4.08. The lowest BCUT2D eigenvalue weighted by atomic mass is 10.0. The van der Waals surface area contributed by atoms with Crippen LogP contribution in [0.3, 0.4) is 0 Å². The van der Waals surface area contributed by atoms with E-state index in [2.05, 4.69) is 4.74 Å². The van der Waals surface area contributed by atoms with Crippen molar-refractivity contribution < 1.29 is 38.6 Å². The standard InChI is InChI=1S/C31H35NO9/c1-22(41-29-17-14-26(31(35)38-2)20-28(29)32(36)37)21-39-18-6-4-3-5-7-19-40-27-15-12-24(13-16-27)23-8-10-25(11-9-23)30(33)34/h8-17,20,22H,3-7,18-19,21H2,1-2H3,(H,33,34). The third-order valence-corrected chi connectivity index (χ3v) is 6.28. The molecule has 10 heteroatoms. The van der Waals surface area contributed by atoms with Crippen molar-refractivity contribution in [2.75, 3.05) is 26.9 Å². The third kappa shape index (κ3) is 9.91. The van der Waals surface area contributed by atoms with Gasteiger partial charge in [0.25, 0.3) is 0 Å². The fourth-order valence-electron chi connectivity index (χ4n) is 4.08. The van der Waals surface area contributed by atoms with Crippen molar-refractivity contribution in [2.45, 2.75) is 45.1 Å². The van der Waals surface area contributed by atoms with E-state index in [4.69, 9.17) is 19.3 Å². The van der Waals surface area contributed by atoms with E-state index >= 15 is 0 Å². The molecule has 1 atom stereocenters. The molecule has 0 heterocycles. The van der Waals surface area contributed by atoms with Crippen LogP contribution in [0.15, 0.2) is 66.7 Å². The second kappa shape index (κ2) is 16.0. The topological polar surface area (TPSA) is 134 Å². The number of carboxylic acid groups (broad SMARTS) is 1. The predicted molar refractivity (Wildman–Crippen MR) is 153 cm³/mol. The largest absolute Gasteiger partial charge is 0.494 e. The maximum Gasteiger partial charge on any atom is 0.338 e. The van der Waals surface area contributed by atoms with E-state index in [1.165, 1.54) is 19.2 Å². The Bertz CT molecular complexity index is 1290. The van der Waals surface area contributed by atoms with Crippen LogP contribution in [-0.4, -0.2) is 55.0 Å². The molecule has 0 radical (unpaired) electrons. The molecular formula is C31H35NO9. The highest BCUT2D eigenvalue weighted by atomic mass is 16.6. The first kappa shape index (κ1) is 31.1. The smallest absolute Gasteiger partial charge is 0.338 e. The van der Waals surface area contributed by atoms with Gasteiger partial charge >= 0.3 is 17.6 Å². The highest BCUT2D eigenvalue weighted by Crippen LogP contribution is 2.29. The van der Waals surface area contributed by atoms with Gasteiger partial charge in [0.15, 0.2) is 5.75 Å². The minimum atomic E-state index is -0.941. The van der Waals surface area contributed by atoms with Gasteiger partial charge in [-0.15, -0.1) is 0 Å². The van der Waals surface area contributed by atoms with Gasteiger partial charge in [-0.2, -0.15) is 0 Å². The van der Waals surface area contributed by atoms with E-state index in [1.807, 2.05) is 24.3 Å².